The number of carbonyl (C=O) groups excluding carboxylic acids is 2. The second kappa shape index (κ2) is 13.3. The van der Waals surface area contributed by atoms with E-state index in [1.165, 1.54) is 0 Å². The third kappa shape index (κ3) is 6.67. The van der Waals surface area contributed by atoms with Crippen LogP contribution in [0.15, 0.2) is 42.0 Å². The first kappa shape index (κ1) is 29.6. The molecule has 0 saturated carbocycles. The lowest BCUT2D eigenvalue weighted by atomic mass is 9.93. The van der Waals surface area contributed by atoms with Crippen molar-refractivity contribution in [2.45, 2.75) is 46.6 Å². The van der Waals surface area contributed by atoms with Gasteiger partial charge in [-0.3, -0.25) is 14.5 Å². The van der Waals surface area contributed by atoms with Crippen molar-refractivity contribution < 1.29 is 28.9 Å². The summed E-state index contributed by atoms with van der Waals surface area (Å²) in [6.07, 6.45) is 1.60. The first-order chi connectivity index (χ1) is 19.2. The molecule has 1 atom stereocenters. The van der Waals surface area contributed by atoms with Crippen LogP contribution in [0.3, 0.4) is 0 Å². The highest BCUT2D eigenvalue weighted by atomic mass is 16.5. The van der Waals surface area contributed by atoms with Gasteiger partial charge in [-0.05, 0) is 61.9 Å². The van der Waals surface area contributed by atoms with Gasteiger partial charge in [0.25, 0.3) is 11.7 Å². The van der Waals surface area contributed by atoms with Gasteiger partial charge in [0.05, 0.1) is 38.5 Å². The minimum Gasteiger partial charge on any atom is -0.507 e. The fourth-order valence-electron chi connectivity index (χ4n) is 5.26. The summed E-state index contributed by atoms with van der Waals surface area (Å²) in [5.74, 6) is 0.197. The van der Waals surface area contributed by atoms with Crippen molar-refractivity contribution in [2.75, 3.05) is 53.1 Å². The fourth-order valence-corrected chi connectivity index (χ4v) is 5.26. The average molecular weight is 551 g/mol. The van der Waals surface area contributed by atoms with Crippen molar-refractivity contribution >= 4 is 17.4 Å². The highest BCUT2D eigenvalue weighted by Crippen LogP contribution is 2.42. The molecule has 4 rings (SSSR count). The van der Waals surface area contributed by atoms with E-state index < -0.39 is 17.7 Å². The van der Waals surface area contributed by atoms with Crippen LogP contribution in [0.5, 0.6) is 11.5 Å². The molecule has 1 unspecified atom stereocenters. The van der Waals surface area contributed by atoms with Crippen molar-refractivity contribution in [3.05, 3.63) is 64.2 Å². The third-order valence-electron chi connectivity index (χ3n) is 7.62. The van der Waals surface area contributed by atoms with E-state index in [9.17, 15) is 14.7 Å². The number of methoxy groups -OCH3 is 1. The lowest BCUT2D eigenvalue weighted by molar-refractivity contribution is -0.140. The van der Waals surface area contributed by atoms with Crippen LogP contribution in [0.4, 0.5) is 0 Å². The van der Waals surface area contributed by atoms with Gasteiger partial charge in [0.2, 0.25) is 0 Å². The Hall–Kier alpha value is -3.36. The standard InChI is InChI=1S/C32H42N2O6/c1-21(2)11-16-40-26-10-9-24(20-27(26)38-5)29-28(30(35)25-19-22(3)7-8-23(25)4)31(36)32(37)34(29)13-6-12-33-14-17-39-18-15-33/h7-10,19-21,29,35H,6,11-18H2,1-5H3. The number of benzene rings is 2. The van der Waals surface area contributed by atoms with Gasteiger partial charge in [0, 0.05) is 31.7 Å². The van der Waals surface area contributed by atoms with Gasteiger partial charge in [-0.1, -0.05) is 37.6 Å². The second-order valence-electron chi connectivity index (χ2n) is 11.1. The Morgan fingerprint density at radius 2 is 1.80 bits per heavy atom. The number of nitrogens with zero attached hydrogens (tertiary/aromatic N) is 2. The smallest absolute Gasteiger partial charge is 0.295 e. The maximum atomic E-state index is 13.5. The van der Waals surface area contributed by atoms with Crippen molar-refractivity contribution in [1.82, 2.24) is 9.80 Å². The summed E-state index contributed by atoms with van der Waals surface area (Å²) in [4.78, 5) is 30.8. The number of hydrogen-bond donors (Lipinski definition) is 1. The molecule has 2 aliphatic rings. The average Bonchev–Trinajstić information content (AvgIpc) is 3.19. The van der Waals surface area contributed by atoms with Crippen LogP contribution in [-0.2, 0) is 14.3 Å². The van der Waals surface area contributed by atoms with Crippen LogP contribution < -0.4 is 9.47 Å². The highest BCUT2D eigenvalue weighted by Gasteiger charge is 2.46. The molecule has 2 fully saturated rings. The number of aliphatic hydroxyl groups is 1. The molecule has 0 aliphatic carbocycles. The lowest BCUT2D eigenvalue weighted by Gasteiger charge is -2.29. The lowest BCUT2D eigenvalue weighted by Crippen LogP contribution is -2.39. The van der Waals surface area contributed by atoms with Crippen molar-refractivity contribution in [3.63, 3.8) is 0 Å². The quantitative estimate of drug-likeness (QED) is 0.242. The summed E-state index contributed by atoms with van der Waals surface area (Å²) in [6.45, 7) is 12.9. The van der Waals surface area contributed by atoms with Crippen molar-refractivity contribution in [1.29, 1.82) is 0 Å². The van der Waals surface area contributed by atoms with Gasteiger partial charge < -0.3 is 24.2 Å². The molecule has 0 spiro atoms. The SMILES string of the molecule is COc1cc(C2C(=C(O)c3cc(C)ccc3C)C(=O)C(=O)N2CCCN2CCOCC2)ccc1OCCC(C)C. The van der Waals surface area contributed by atoms with E-state index in [4.69, 9.17) is 14.2 Å². The molecular weight excluding hydrogens is 508 g/mol. The predicted octanol–water partition coefficient (Wildman–Crippen LogP) is 4.88. The van der Waals surface area contributed by atoms with E-state index in [-0.39, 0.29) is 11.3 Å². The molecule has 216 valence electrons. The maximum absolute atomic E-state index is 13.5. The third-order valence-corrected chi connectivity index (χ3v) is 7.62. The van der Waals surface area contributed by atoms with E-state index in [0.717, 1.165) is 37.2 Å². The van der Waals surface area contributed by atoms with Crippen LogP contribution in [0, 0.1) is 19.8 Å². The molecule has 2 heterocycles. The van der Waals surface area contributed by atoms with Crippen LogP contribution in [-0.4, -0.2) is 79.7 Å². The number of aryl methyl sites for hydroxylation is 2. The number of aliphatic hydroxyl groups excluding tert-OH is 1. The van der Waals surface area contributed by atoms with E-state index in [1.807, 2.05) is 50.2 Å². The van der Waals surface area contributed by atoms with Gasteiger partial charge in [-0.15, -0.1) is 0 Å². The van der Waals surface area contributed by atoms with E-state index in [1.54, 1.807) is 12.0 Å². The summed E-state index contributed by atoms with van der Waals surface area (Å²) in [5, 5.41) is 11.5. The molecule has 8 heteroatoms. The Balaban J connectivity index is 1.72. The molecule has 2 aromatic carbocycles. The van der Waals surface area contributed by atoms with E-state index in [2.05, 4.69) is 18.7 Å². The topological polar surface area (TPSA) is 88.5 Å². The number of morpholine rings is 1. The Bertz CT molecular complexity index is 1250. The Kier molecular flexibility index (Phi) is 9.87. The first-order valence-corrected chi connectivity index (χ1v) is 14.2. The summed E-state index contributed by atoms with van der Waals surface area (Å²) in [5.41, 5.74) is 3.11. The van der Waals surface area contributed by atoms with Crippen molar-refractivity contribution in [2.24, 2.45) is 5.92 Å². The number of ether oxygens (including phenoxy) is 3. The zero-order chi connectivity index (χ0) is 28.8. The molecule has 2 aromatic rings. The molecule has 0 bridgehead atoms. The molecule has 8 nitrogen and oxygen atoms in total. The maximum Gasteiger partial charge on any atom is 0.295 e. The minimum absolute atomic E-state index is 0.0978. The van der Waals surface area contributed by atoms with Gasteiger partial charge in [-0.2, -0.15) is 0 Å². The Morgan fingerprint density at radius 1 is 1.05 bits per heavy atom. The zero-order valence-electron chi connectivity index (χ0n) is 24.4. The summed E-state index contributed by atoms with van der Waals surface area (Å²) in [7, 11) is 1.57. The number of rotatable bonds is 11. The van der Waals surface area contributed by atoms with Gasteiger partial charge in [0.1, 0.15) is 5.76 Å². The Labute approximate surface area is 237 Å². The number of Topliss-reactive ketones (excluding diaryl/α,β-unsaturated/α-hetero) is 1. The molecule has 2 aliphatic heterocycles. The van der Waals surface area contributed by atoms with Crippen LogP contribution >= 0.6 is 0 Å². The number of carbonyl (C=O) groups is 2. The van der Waals surface area contributed by atoms with Crippen molar-refractivity contribution in [3.8, 4) is 11.5 Å². The van der Waals surface area contributed by atoms with Gasteiger partial charge in [0.15, 0.2) is 11.5 Å². The van der Waals surface area contributed by atoms with Crippen LogP contribution in [0.1, 0.15) is 55.0 Å². The molecule has 1 amide bonds. The first-order valence-electron chi connectivity index (χ1n) is 14.2. The van der Waals surface area contributed by atoms with Gasteiger partial charge in [-0.25, -0.2) is 0 Å². The highest BCUT2D eigenvalue weighted by molar-refractivity contribution is 6.46. The fraction of sp³-hybridized carbons (Fsp3) is 0.500. The largest absolute Gasteiger partial charge is 0.507 e. The monoisotopic (exact) mass is 550 g/mol. The van der Waals surface area contributed by atoms with Crippen LogP contribution in [0.2, 0.25) is 0 Å². The molecular formula is C32H42N2O6. The molecule has 0 radical (unpaired) electrons. The molecule has 0 aromatic heterocycles. The minimum atomic E-state index is -0.747. The summed E-state index contributed by atoms with van der Waals surface area (Å²) in [6, 6.07) is 10.5. The number of likely N-dealkylation sites (tertiary alicyclic amines) is 1. The summed E-state index contributed by atoms with van der Waals surface area (Å²) < 4.78 is 17.1. The van der Waals surface area contributed by atoms with E-state index in [0.29, 0.717) is 61.3 Å². The normalized spacial score (nSPS) is 19.4. The number of ketones is 1. The number of hydrogen-bond acceptors (Lipinski definition) is 7. The van der Waals surface area contributed by atoms with Crippen LogP contribution in [0.25, 0.3) is 5.76 Å². The number of amides is 1. The molecule has 40 heavy (non-hydrogen) atoms. The van der Waals surface area contributed by atoms with Gasteiger partial charge >= 0.3 is 0 Å². The second-order valence-corrected chi connectivity index (χ2v) is 11.1. The predicted molar refractivity (Wildman–Crippen MR) is 155 cm³/mol. The molecule has 2 saturated heterocycles. The summed E-state index contributed by atoms with van der Waals surface area (Å²) >= 11 is 0. The molecule has 1 N–H and O–H groups in total. The Morgan fingerprint density at radius 3 is 2.50 bits per heavy atom. The van der Waals surface area contributed by atoms with E-state index >= 15 is 0 Å². The zero-order valence-corrected chi connectivity index (χ0v) is 24.4.